The molecule has 0 radical (unpaired) electrons. The average molecular weight is 949 g/mol. The van der Waals surface area contributed by atoms with E-state index in [1.54, 1.807) is 70.2 Å². The molecule has 4 rings (SSSR count). The first kappa shape index (κ1) is 54.0. The third-order valence-corrected chi connectivity index (χ3v) is 11.6. The first-order valence-corrected chi connectivity index (χ1v) is 23.1. The van der Waals surface area contributed by atoms with Crippen molar-refractivity contribution in [1.29, 1.82) is 0 Å². The highest BCUT2D eigenvalue weighted by molar-refractivity contribution is 5.98. The van der Waals surface area contributed by atoms with Crippen LogP contribution in [0.5, 0.6) is 5.75 Å². The van der Waals surface area contributed by atoms with Gasteiger partial charge in [0.1, 0.15) is 54.7 Å². The fraction of sp³-hybridized carbons (Fsp3) is 0.562. The quantitative estimate of drug-likeness (QED) is 0.0954. The predicted molar refractivity (Wildman–Crippen MR) is 247 cm³/mol. The van der Waals surface area contributed by atoms with Crippen molar-refractivity contribution in [2.75, 3.05) is 20.2 Å². The molecule has 8 N–H and O–H groups in total. The van der Waals surface area contributed by atoms with Crippen LogP contribution < -0.4 is 32.3 Å². The van der Waals surface area contributed by atoms with Crippen LogP contribution in [0.15, 0.2) is 54.6 Å². The number of fused-ring (bicyclic) bond motifs is 1. The third-order valence-electron chi connectivity index (χ3n) is 11.6. The molecule has 2 aliphatic heterocycles. The Morgan fingerprint density at radius 2 is 1.46 bits per heavy atom. The van der Waals surface area contributed by atoms with Crippen LogP contribution in [-0.4, -0.2) is 137 Å². The topological polar surface area (TPSA) is 285 Å². The number of cyclic esters (lactones) is 1. The minimum atomic E-state index is -1.85. The van der Waals surface area contributed by atoms with Gasteiger partial charge in [-0.3, -0.25) is 38.4 Å². The number of nitrogens with two attached hydrogens (primary N) is 1. The minimum Gasteiger partial charge on any atom is -0.508 e. The summed E-state index contributed by atoms with van der Waals surface area (Å²) >= 11 is 0. The fourth-order valence-electron chi connectivity index (χ4n) is 8.06. The van der Waals surface area contributed by atoms with Crippen molar-refractivity contribution < 1.29 is 57.7 Å². The molecule has 0 aromatic heterocycles. The number of hydrogen-bond donors (Lipinski definition) is 7. The molecular weight excluding hydrogens is 881 g/mol. The van der Waals surface area contributed by atoms with Crippen molar-refractivity contribution in [2.45, 2.75) is 136 Å². The molecule has 0 bridgehead atoms. The standard InChI is InChI=1S/C48H68N8O12/c1-26(2)21-33-47(65)56-20-12-15-35(56)41(60)50-34(23-30-13-10-9-11-14-30)46(64)55(8)36(24-31-16-18-32(57)19-17-31)42(61)53-39(28(5)6)48(66)68-29(7)40(43(62)51-33)54-44(63)45(67-25-37(49)58)52-38(59)22-27(3)4/h9-11,13-14,16-19,26-29,33-36,39-40,45,57H,12,15,20-25H2,1-8H3,(H2,49,58)(H,50,60)(H,51,62)(H,52,59)(H,53,61)(H,54,63)/t29?,33-,34?,35+,36-,39?,40+,45-/m0/s1. The summed E-state index contributed by atoms with van der Waals surface area (Å²) in [6.45, 7) is 11.0. The second-order valence-corrected chi connectivity index (χ2v) is 18.6. The maximum atomic E-state index is 14.8. The number of nitrogens with one attached hydrogen (secondary N) is 5. The summed E-state index contributed by atoms with van der Waals surface area (Å²) in [6.07, 6.45) is -2.79. The zero-order chi connectivity index (χ0) is 50.4. The van der Waals surface area contributed by atoms with Gasteiger partial charge in [-0.2, -0.15) is 0 Å². The molecule has 3 unspecified atom stereocenters. The van der Waals surface area contributed by atoms with E-state index in [4.69, 9.17) is 15.2 Å². The Morgan fingerprint density at radius 1 is 0.824 bits per heavy atom. The highest BCUT2D eigenvalue weighted by Crippen LogP contribution is 2.23. The molecule has 2 aromatic carbocycles. The lowest BCUT2D eigenvalue weighted by Gasteiger charge is -2.33. The van der Waals surface area contributed by atoms with E-state index in [2.05, 4.69) is 26.6 Å². The van der Waals surface area contributed by atoms with Crippen LogP contribution in [-0.2, 0) is 65.5 Å². The van der Waals surface area contributed by atoms with E-state index in [0.717, 1.165) is 0 Å². The van der Waals surface area contributed by atoms with E-state index in [0.29, 0.717) is 17.5 Å². The Kier molecular flexibility index (Phi) is 19.9. The zero-order valence-corrected chi connectivity index (χ0v) is 40.1. The highest BCUT2D eigenvalue weighted by atomic mass is 16.5. The number of phenols is 1. The molecular formula is C48H68N8O12. The molecule has 20 heteroatoms. The molecule has 2 fully saturated rings. The van der Waals surface area contributed by atoms with Gasteiger partial charge in [0.15, 0.2) is 0 Å². The van der Waals surface area contributed by atoms with E-state index >= 15 is 0 Å². The number of rotatable bonds is 15. The average Bonchev–Trinajstić information content (AvgIpc) is 3.77. The van der Waals surface area contributed by atoms with Gasteiger partial charge >= 0.3 is 5.97 Å². The lowest BCUT2D eigenvalue weighted by Crippen LogP contribution is -2.62. The molecule has 2 aromatic rings. The number of nitrogens with zero attached hydrogens (tertiary/aromatic N) is 2. The summed E-state index contributed by atoms with van der Waals surface area (Å²) in [4.78, 5) is 128. The molecule has 2 aliphatic rings. The van der Waals surface area contributed by atoms with E-state index in [1.165, 1.54) is 35.9 Å². The number of esters is 1. The van der Waals surface area contributed by atoms with Gasteiger partial charge in [-0.1, -0.05) is 84.0 Å². The SMILES string of the molecule is CC(C)CC(=O)N[C@@H](OCC(N)=O)C(=O)N[C@H]1C(=O)N[C@@H](CC(C)C)C(=O)N2CCC[C@@H]2C(=O)NC(Cc2ccccc2)C(=O)N(C)[C@@H](Cc2ccc(O)cc2)C(=O)NC(C(C)C)C(=O)OC1C. The molecule has 372 valence electrons. The van der Waals surface area contributed by atoms with Gasteiger partial charge in [-0.15, -0.1) is 0 Å². The smallest absolute Gasteiger partial charge is 0.329 e. The number of carbonyl (C=O) groups is 9. The van der Waals surface area contributed by atoms with Crippen LogP contribution in [0.1, 0.15) is 85.3 Å². The molecule has 68 heavy (non-hydrogen) atoms. The number of ether oxygens (including phenoxy) is 2. The number of likely N-dealkylation sites (N-methyl/N-ethyl adjacent to an activating group) is 1. The third kappa shape index (κ3) is 15.5. The van der Waals surface area contributed by atoms with Crippen LogP contribution in [0.3, 0.4) is 0 Å². The molecule has 8 atom stereocenters. The maximum Gasteiger partial charge on any atom is 0.329 e. The maximum absolute atomic E-state index is 14.8. The number of primary amides is 1. The molecule has 0 aliphatic carbocycles. The highest BCUT2D eigenvalue weighted by Gasteiger charge is 2.43. The van der Waals surface area contributed by atoms with Crippen molar-refractivity contribution in [3.8, 4) is 5.75 Å². The van der Waals surface area contributed by atoms with Crippen molar-refractivity contribution >= 4 is 53.2 Å². The van der Waals surface area contributed by atoms with E-state index in [9.17, 15) is 48.3 Å². The summed E-state index contributed by atoms with van der Waals surface area (Å²) < 4.78 is 11.2. The Bertz CT molecular complexity index is 2120. The van der Waals surface area contributed by atoms with Gasteiger partial charge in [0.2, 0.25) is 47.6 Å². The van der Waals surface area contributed by atoms with Gasteiger partial charge in [0.25, 0.3) is 5.91 Å². The van der Waals surface area contributed by atoms with Crippen molar-refractivity contribution in [2.24, 2.45) is 23.5 Å². The summed E-state index contributed by atoms with van der Waals surface area (Å²) in [5.41, 5.74) is 6.52. The van der Waals surface area contributed by atoms with E-state index in [-0.39, 0.29) is 56.2 Å². The number of benzene rings is 2. The first-order valence-electron chi connectivity index (χ1n) is 23.1. The Balaban J connectivity index is 1.85. The largest absolute Gasteiger partial charge is 0.508 e. The van der Waals surface area contributed by atoms with E-state index < -0.39 is 114 Å². The lowest BCUT2D eigenvalue weighted by atomic mass is 9.99. The minimum absolute atomic E-state index is 0.0117. The Morgan fingerprint density at radius 3 is 2.06 bits per heavy atom. The zero-order valence-electron chi connectivity index (χ0n) is 40.1. The number of hydrogen-bond acceptors (Lipinski definition) is 12. The van der Waals surface area contributed by atoms with Gasteiger partial charge in [-0.05, 0) is 67.2 Å². The Labute approximate surface area is 397 Å². The summed E-state index contributed by atoms with van der Waals surface area (Å²) in [7, 11) is 1.41. The molecule has 2 heterocycles. The van der Waals surface area contributed by atoms with Gasteiger partial charge < -0.3 is 56.7 Å². The second-order valence-electron chi connectivity index (χ2n) is 18.6. The van der Waals surface area contributed by atoms with Crippen LogP contribution >= 0.6 is 0 Å². The lowest BCUT2D eigenvalue weighted by molar-refractivity contribution is -0.159. The molecule has 8 amide bonds. The number of carbonyl (C=O) groups excluding carboxylic acids is 9. The van der Waals surface area contributed by atoms with Crippen molar-refractivity contribution in [3.63, 3.8) is 0 Å². The van der Waals surface area contributed by atoms with Gasteiger partial charge in [0, 0.05) is 32.9 Å². The monoisotopic (exact) mass is 948 g/mol. The number of phenolic OH excluding ortho intramolecular Hbond substituents is 1. The van der Waals surface area contributed by atoms with Gasteiger partial charge in [-0.25, -0.2) is 4.79 Å². The normalized spacial score (nSPS) is 24.0. The van der Waals surface area contributed by atoms with Crippen LogP contribution in [0.25, 0.3) is 0 Å². The summed E-state index contributed by atoms with van der Waals surface area (Å²) in [6, 6.07) is 6.84. The second kappa shape index (κ2) is 25.0. The molecule has 0 saturated carbocycles. The first-order chi connectivity index (χ1) is 32.1. The summed E-state index contributed by atoms with van der Waals surface area (Å²) in [5.74, 6) is -8.44. The Hall–Kier alpha value is -6.57. The molecule has 2 saturated heterocycles. The molecule has 0 spiro atoms. The van der Waals surface area contributed by atoms with Gasteiger partial charge in [0.05, 0.1) is 0 Å². The van der Waals surface area contributed by atoms with Crippen LogP contribution in [0.4, 0.5) is 0 Å². The van der Waals surface area contributed by atoms with Crippen LogP contribution in [0, 0.1) is 17.8 Å². The number of amides is 8. The van der Waals surface area contributed by atoms with Crippen molar-refractivity contribution in [3.05, 3.63) is 65.7 Å². The summed E-state index contributed by atoms with van der Waals surface area (Å²) in [5, 5.41) is 23.2. The van der Waals surface area contributed by atoms with E-state index in [1.807, 2.05) is 13.8 Å². The number of aromatic hydroxyl groups is 1. The molecule has 20 nitrogen and oxygen atoms in total. The van der Waals surface area contributed by atoms with Crippen LogP contribution in [0.2, 0.25) is 0 Å². The predicted octanol–water partition coefficient (Wildman–Crippen LogP) is 0.572. The van der Waals surface area contributed by atoms with Crippen molar-refractivity contribution in [1.82, 2.24) is 36.4 Å². The fourth-order valence-corrected chi connectivity index (χ4v) is 8.06.